The topological polar surface area (TPSA) is 58.6 Å². The molecule has 1 N–H and O–H groups in total. The molecule has 2 aromatic rings. The van der Waals surface area contributed by atoms with E-state index in [1.165, 1.54) is 0 Å². The first-order valence-electron chi connectivity index (χ1n) is 8.02. The Morgan fingerprint density at radius 2 is 1.77 bits per heavy atom. The number of carbonyl (C=O) groups is 2. The van der Waals surface area contributed by atoms with Gasteiger partial charge in [0, 0.05) is 31.2 Å². The first-order chi connectivity index (χ1) is 12.3. The smallest absolute Gasteiger partial charge is 0.262 e. The first kappa shape index (κ1) is 20.1. The molecule has 2 aromatic carbocycles. The van der Waals surface area contributed by atoms with Gasteiger partial charge < -0.3 is 15.0 Å². The van der Waals surface area contributed by atoms with Crippen molar-refractivity contribution in [2.24, 2.45) is 0 Å². The highest BCUT2D eigenvalue weighted by Crippen LogP contribution is 2.27. The number of anilines is 1. The maximum Gasteiger partial charge on any atom is 0.262 e. The fraction of sp³-hybridized carbons (Fsp3) is 0.263. The molecule has 5 nitrogen and oxygen atoms in total. The molecular weight excluding hydrogens is 375 g/mol. The Balaban J connectivity index is 1.82. The van der Waals surface area contributed by atoms with Crippen LogP contribution in [-0.4, -0.2) is 37.4 Å². The molecule has 0 radical (unpaired) electrons. The minimum absolute atomic E-state index is 0.0837. The third kappa shape index (κ3) is 6.24. The van der Waals surface area contributed by atoms with E-state index in [-0.39, 0.29) is 18.4 Å². The summed E-state index contributed by atoms with van der Waals surface area (Å²) in [6.07, 6.45) is 1.11. The quantitative estimate of drug-likeness (QED) is 0.770. The Morgan fingerprint density at radius 3 is 2.38 bits per heavy atom. The van der Waals surface area contributed by atoms with Gasteiger partial charge in [-0.3, -0.25) is 9.59 Å². The number of nitrogens with zero attached hydrogens (tertiary/aromatic N) is 1. The summed E-state index contributed by atoms with van der Waals surface area (Å²) >= 11 is 11.8. The van der Waals surface area contributed by atoms with Crippen LogP contribution in [0.1, 0.15) is 12.0 Å². The number of hydrogen-bond acceptors (Lipinski definition) is 3. The van der Waals surface area contributed by atoms with Crippen molar-refractivity contribution in [3.05, 3.63) is 58.1 Å². The maximum absolute atomic E-state index is 12.0. The van der Waals surface area contributed by atoms with Gasteiger partial charge in [-0.2, -0.15) is 0 Å². The van der Waals surface area contributed by atoms with E-state index in [0.717, 1.165) is 5.56 Å². The van der Waals surface area contributed by atoms with E-state index in [4.69, 9.17) is 27.9 Å². The molecule has 0 aliphatic heterocycles. The Hall–Kier alpha value is -2.24. The molecule has 0 atom stereocenters. The van der Waals surface area contributed by atoms with E-state index < -0.39 is 0 Å². The SMILES string of the molecule is CN(C)C(=O)CCc1ccc(NC(=O)COc2ccc(Cl)cc2Cl)cc1. The lowest BCUT2D eigenvalue weighted by Gasteiger charge is -2.11. The lowest BCUT2D eigenvalue weighted by Crippen LogP contribution is -2.21. The van der Waals surface area contributed by atoms with E-state index >= 15 is 0 Å². The first-order valence-corrected chi connectivity index (χ1v) is 8.77. The lowest BCUT2D eigenvalue weighted by atomic mass is 10.1. The molecule has 0 saturated heterocycles. The van der Waals surface area contributed by atoms with Crippen LogP contribution in [0.4, 0.5) is 5.69 Å². The molecule has 0 saturated carbocycles. The van der Waals surface area contributed by atoms with E-state index in [2.05, 4.69) is 5.32 Å². The third-order valence-electron chi connectivity index (χ3n) is 3.62. The van der Waals surface area contributed by atoms with Crippen molar-refractivity contribution in [2.75, 3.05) is 26.0 Å². The van der Waals surface area contributed by atoms with Gasteiger partial charge in [-0.05, 0) is 42.3 Å². The molecule has 0 bridgehead atoms. The molecule has 0 aliphatic rings. The number of ether oxygens (including phenoxy) is 1. The molecule has 0 fully saturated rings. The molecule has 7 heteroatoms. The molecule has 0 unspecified atom stereocenters. The van der Waals surface area contributed by atoms with Gasteiger partial charge in [0.2, 0.25) is 5.91 Å². The second-order valence-corrected chi connectivity index (χ2v) is 6.74. The zero-order chi connectivity index (χ0) is 19.1. The summed E-state index contributed by atoms with van der Waals surface area (Å²) in [7, 11) is 3.47. The Labute approximate surface area is 162 Å². The minimum Gasteiger partial charge on any atom is -0.482 e. The average Bonchev–Trinajstić information content (AvgIpc) is 2.60. The summed E-state index contributed by atoms with van der Waals surface area (Å²) in [4.78, 5) is 25.2. The van der Waals surface area contributed by atoms with Crippen LogP contribution in [0.15, 0.2) is 42.5 Å². The number of hydrogen-bond donors (Lipinski definition) is 1. The minimum atomic E-state index is -0.299. The van der Waals surface area contributed by atoms with Crippen molar-refractivity contribution in [3.8, 4) is 5.75 Å². The normalized spacial score (nSPS) is 10.3. The standard InChI is InChI=1S/C19H20Cl2N2O3/c1-23(2)19(25)10-5-13-3-7-15(8-4-13)22-18(24)12-26-17-9-6-14(20)11-16(17)21/h3-4,6-9,11H,5,10,12H2,1-2H3,(H,22,24). The van der Waals surface area contributed by atoms with Crippen molar-refractivity contribution in [2.45, 2.75) is 12.8 Å². The number of halogens is 2. The molecule has 138 valence electrons. The van der Waals surface area contributed by atoms with Gasteiger partial charge in [0.05, 0.1) is 5.02 Å². The summed E-state index contributed by atoms with van der Waals surface area (Å²) in [6, 6.07) is 12.2. The largest absolute Gasteiger partial charge is 0.482 e. The van der Waals surface area contributed by atoms with Crippen LogP contribution in [0.3, 0.4) is 0 Å². The Bertz CT molecular complexity index is 777. The zero-order valence-corrected chi connectivity index (χ0v) is 16.1. The summed E-state index contributed by atoms with van der Waals surface area (Å²) in [6.45, 7) is -0.166. The molecule has 0 aliphatic carbocycles. The fourth-order valence-electron chi connectivity index (χ4n) is 2.16. The van der Waals surface area contributed by atoms with Crippen LogP contribution in [0.2, 0.25) is 10.0 Å². The van der Waals surface area contributed by atoms with Gasteiger partial charge in [0.25, 0.3) is 5.91 Å². The molecule has 26 heavy (non-hydrogen) atoms. The fourth-order valence-corrected chi connectivity index (χ4v) is 2.63. The third-order valence-corrected chi connectivity index (χ3v) is 4.15. The van der Waals surface area contributed by atoms with Gasteiger partial charge in [-0.15, -0.1) is 0 Å². The molecule has 0 heterocycles. The molecule has 0 spiro atoms. The maximum atomic E-state index is 12.0. The molecule has 0 aromatic heterocycles. The highest BCUT2D eigenvalue weighted by Gasteiger charge is 2.08. The van der Waals surface area contributed by atoms with Crippen LogP contribution in [0, 0.1) is 0 Å². The Kier molecular flexibility index (Phi) is 7.30. The summed E-state index contributed by atoms with van der Waals surface area (Å²) in [5, 5.41) is 3.59. The van der Waals surface area contributed by atoms with Crippen molar-refractivity contribution in [1.29, 1.82) is 0 Å². The van der Waals surface area contributed by atoms with Crippen molar-refractivity contribution in [3.63, 3.8) is 0 Å². The highest BCUT2D eigenvalue weighted by atomic mass is 35.5. The van der Waals surface area contributed by atoms with Crippen LogP contribution >= 0.6 is 23.2 Å². The monoisotopic (exact) mass is 394 g/mol. The number of rotatable bonds is 7. The molecule has 2 rings (SSSR count). The average molecular weight is 395 g/mol. The molecular formula is C19H20Cl2N2O3. The number of nitrogens with one attached hydrogen (secondary N) is 1. The van der Waals surface area contributed by atoms with Crippen molar-refractivity contribution >= 4 is 40.7 Å². The van der Waals surface area contributed by atoms with Crippen molar-refractivity contribution in [1.82, 2.24) is 4.90 Å². The Morgan fingerprint density at radius 1 is 1.08 bits per heavy atom. The lowest BCUT2D eigenvalue weighted by molar-refractivity contribution is -0.128. The predicted molar refractivity (Wildman–Crippen MR) is 104 cm³/mol. The zero-order valence-electron chi connectivity index (χ0n) is 14.6. The second kappa shape index (κ2) is 9.46. The van der Waals surface area contributed by atoms with Gasteiger partial charge in [-0.25, -0.2) is 0 Å². The van der Waals surface area contributed by atoms with E-state index in [1.54, 1.807) is 49.3 Å². The van der Waals surface area contributed by atoms with Crippen LogP contribution in [0.25, 0.3) is 0 Å². The van der Waals surface area contributed by atoms with E-state index in [9.17, 15) is 9.59 Å². The van der Waals surface area contributed by atoms with Crippen LogP contribution in [0.5, 0.6) is 5.75 Å². The van der Waals surface area contributed by atoms with E-state index in [1.807, 2.05) is 12.1 Å². The van der Waals surface area contributed by atoms with Gasteiger partial charge in [0.15, 0.2) is 6.61 Å². The summed E-state index contributed by atoms with van der Waals surface area (Å²) in [5.74, 6) is 0.180. The second-order valence-electron chi connectivity index (χ2n) is 5.90. The highest BCUT2D eigenvalue weighted by molar-refractivity contribution is 6.35. The van der Waals surface area contributed by atoms with Gasteiger partial charge >= 0.3 is 0 Å². The van der Waals surface area contributed by atoms with Crippen molar-refractivity contribution < 1.29 is 14.3 Å². The summed E-state index contributed by atoms with van der Waals surface area (Å²) in [5.41, 5.74) is 1.69. The predicted octanol–water partition coefficient (Wildman–Crippen LogP) is 4.03. The number of aryl methyl sites for hydroxylation is 1. The number of carbonyl (C=O) groups excluding carboxylic acids is 2. The van der Waals surface area contributed by atoms with Gasteiger partial charge in [0.1, 0.15) is 5.75 Å². The van der Waals surface area contributed by atoms with Crippen LogP contribution < -0.4 is 10.1 Å². The summed E-state index contributed by atoms with van der Waals surface area (Å²) < 4.78 is 5.39. The number of benzene rings is 2. The van der Waals surface area contributed by atoms with Gasteiger partial charge in [-0.1, -0.05) is 35.3 Å². The molecule has 2 amide bonds. The van der Waals surface area contributed by atoms with E-state index in [0.29, 0.717) is 34.3 Å². The van der Waals surface area contributed by atoms with Crippen LogP contribution in [-0.2, 0) is 16.0 Å². The number of amides is 2.